The average molecular weight is 320 g/mol. The second kappa shape index (κ2) is 7.13. The second-order valence-corrected chi connectivity index (χ2v) is 5.82. The van der Waals surface area contributed by atoms with Gasteiger partial charge in [-0.3, -0.25) is 4.98 Å². The minimum atomic E-state index is -0.920. The van der Waals surface area contributed by atoms with Crippen LogP contribution in [-0.4, -0.2) is 16.1 Å². The number of hydrogen-bond acceptors (Lipinski definition) is 3. The molecule has 4 nitrogen and oxygen atoms in total. The van der Waals surface area contributed by atoms with Crippen LogP contribution in [0.1, 0.15) is 35.7 Å². The summed E-state index contributed by atoms with van der Waals surface area (Å²) in [5, 5.41) is 13.4. The predicted molar refractivity (Wildman–Crippen MR) is 97.0 cm³/mol. The number of anilines is 2. The van der Waals surface area contributed by atoms with Crippen molar-refractivity contribution in [2.24, 2.45) is 0 Å². The molecule has 122 valence electrons. The van der Waals surface area contributed by atoms with Crippen molar-refractivity contribution < 1.29 is 9.90 Å². The number of rotatable bonds is 6. The van der Waals surface area contributed by atoms with Gasteiger partial charge in [-0.15, -0.1) is 0 Å². The zero-order valence-corrected chi connectivity index (χ0v) is 13.6. The Morgan fingerprint density at radius 3 is 2.62 bits per heavy atom. The SMILES string of the molecule is CCCCc1ccc2nccc(Nc3ccc(C(=O)O)cc3)c2c1. The number of aromatic nitrogens is 1. The van der Waals surface area contributed by atoms with E-state index < -0.39 is 5.97 Å². The van der Waals surface area contributed by atoms with Gasteiger partial charge in [-0.05, 0) is 60.9 Å². The topological polar surface area (TPSA) is 62.2 Å². The molecule has 2 aromatic carbocycles. The molecule has 1 heterocycles. The van der Waals surface area contributed by atoms with Gasteiger partial charge >= 0.3 is 5.97 Å². The fourth-order valence-corrected chi connectivity index (χ4v) is 2.69. The molecule has 3 rings (SSSR count). The molecular formula is C20H20N2O2. The zero-order chi connectivity index (χ0) is 16.9. The van der Waals surface area contributed by atoms with Crippen LogP contribution < -0.4 is 5.32 Å². The molecule has 0 aliphatic carbocycles. The second-order valence-electron chi connectivity index (χ2n) is 5.82. The number of pyridine rings is 1. The number of benzene rings is 2. The highest BCUT2D eigenvalue weighted by Gasteiger charge is 2.06. The molecule has 0 unspecified atom stereocenters. The van der Waals surface area contributed by atoms with E-state index >= 15 is 0 Å². The number of unbranched alkanes of at least 4 members (excludes halogenated alkanes) is 1. The van der Waals surface area contributed by atoms with Crippen LogP contribution in [0, 0.1) is 0 Å². The van der Waals surface area contributed by atoms with Gasteiger partial charge in [0, 0.05) is 23.0 Å². The van der Waals surface area contributed by atoms with E-state index in [2.05, 4.69) is 35.4 Å². The first-order valence-corrected chi connectivity index (χ1v) is 8.15. The van der Waals surface area contributed by atoms with E-state index in [1.165, 1.54) is 18.4 Å². The summed E-state index contributed by atoms with van der Waals surface area (Å²) in [5.41, 5.74) is 4.36. The first kappa shape index (κ1) is 16.0. The molecule has 3 aromatic rings. The van der Waals surface area contributed by atoms with Crippen molar-refractivity contribution in [2.75, 3.05) is 5.32 Å². The highest BCUT2D eigenvalue weighted by Crippen LogP contribution is 2.26. The normalized spacial score (nSPS) is 10.7. The molecule has 4 heteroatoms. The van der Waals surface area contributed by atoms with Gasteiger partial charge in [-0.1, -0.05) is 19.4 Å². The fourth-order valence-electron chi connectivity index (χ4n) is 2.69. The van der Waals surface area contributed by atoms with Crippen molar-refractivity contribution in [1.82, 2.24) is 4.98 Å². The fraction of sp³-hybridized carbons (Fsp3) is 0.200. The van der Waals surface area contributed by atoms with Crippen molar-refractivity contribution >= 4 is 28.2 Å². The number of hydrogen-bond donors (Lipinski definition) is 2. The lowest BCUT2D eigenvalue weighted by molar-refractivity contribution is 0.0697. The maximum Gasteiger partial charge on any atom is 0.335 e. The van der Waals surface area contributed by atoms with Gasteiger partial charge in [-0.25, -0.2) is 4.79 Å². The lowest BCUT2D eigenvalue weighted by Gasteiger charge is -2.11. The molecular weight excluding hydrogens is 300 g/mol. The van der Waals surface area contributed by atoms with Crippen LogP contribution in [0.25, 0.3) is 10.9 Å². The Morgan fingerprint density at radius 2 is 1.92 bits per heavy atom. The van der Waals surface area contributed by atoms with Gasteiger partial charge in [0.25, 0.3) is 0 Å². The summed E-state index contributed by atoms with van der Waals surface area (Å²) in [4.78, 5) is 15.4. The first-order valence-electron chi connectivity index (χ1n) is 8.15. The van der Waals surface area contributed by atoms with Crippen LogP contribution in [0.4, 0.5) is 11.4 Å². The third-order valence-electron chi connectivity index (χ3n) is 4.04. The van der Waals surface area contributed by atoms with Crippen molar-refractivity contribution in [2.45, 2.75) is 26.2 Å². The lowest BCUT2D eigenvalue weighted by Crippen LogP contribution is -1.97. The molecule has 24 heavy (non-hydrogen) atoms. The molecule has 0 spiro atoms. The van der Waals surface area contributed by atoms with E-state index in [9.17, 15) is 4.79 Å². The van der Waals surface area contributed by atoms with Crippen LogP contribution in [0.15, 0.2) is 54.7 Å². The molecule has 2 N–H and O–H groups in total. The Hall–Kier alpha value is -2.88. The van der Waals surface area contributed by atoms with E-state index in [4.69, 9.17) is 5.11 Å². The third kappa shape index (κ3) is 3.54. The first-order chi connectivity index (χ1) is 11.7. The minimum Gasteiger partial charge on any atom is -0.478 e. The van der Waals surface area contributed by atoms with Crippen LogP contribution >= 0.6 is 0 Å². The number of carboxylic acid groups (broad SMARTS) is 1. The number of carboxylic acids is 1. The summed E-state index contributed by atoms with van der Waals surface area (Å²) in [5.74, 6) is -0.920. The molecule has 0 saturated heterocycles. The summed E-state index contributed by atoms with van der Waals surface area (Å²) in [6.45, 7) is 2.19. The molecule has 0 saturated carbocycles. The van der Waals surface area contributed by atoms with E-state index in [-0.39, 0.29) is 5.56 Å². The van der Waals surface area contributed by atoms with Gasteiger partial charge in [0.2, 0.25) is 0 Å². The Balaban J connectivity index is 1.91. The Kier molecular flexibility index (Phi) is 4.75. The molecule has 0 radical (unpaired) electrons. The van der Waals surface area contributed by atoms with E-state index in [1.807, 2.05) is 6.07 Å². The van der Waals surface area contributed by atoms with Gasteiger partial charge < -0.3 is 10.4 Å². The maximum absolute atomic E-state index is 10.9. The highest BCUT2D eigenvalue weighted by molar-refractivity contribution is 5.93. The van der Waals surface area contributed by atoms with E-state index in [0.29, 0.717) is 0 Å². The lowest BCUT2D eigenvalue weighted by atomic mass is 10.0. The monoisotopic (exact) mass is 320 g/mol. The zero-order valence-electron chi connectivity index (χ0n) is 13.6. The number of aromatic carboxylic acids is 1. The van der Waals surface area contributed by atoms with Crippen LogP contribution in [0.5, 0.6) is 0 Å². The quantitative estimate of drug-likeness (QED) is 0.669. The van der Waals surface area contributed by atoms with Crippen molar-refractivity contribution in [3.05, 3.63) is 65.9 Å². The number of carbonyl (C=O) groups is 1. The van der Waals surface area contributed by atoms with E-state index in [1.54, 1.807) is 30.5 Å². The molecule has 0 bridgehead atoms. The standard InChI is InChI=1S/C20H20N2O2/c1-2-3-4-14-5-10-18-17(13-14)19(11-12-21-18)22-16-8-6-15(7-9-16)20(23)24/h5-13H,2-4H2,1H3,(H,21,22)(H,23,24). The molecule has 0 aliphatic rings. The van der Waals surface area contributed by atoms with E-state index in [0.717, 1.165) is 28.7 Å². The van der Waals surface area contributed by atoms with Gasteiger partial charge in [-0.2, -0.15) is 0 Å². The van der Waals surface area contributed by atoms with Crippen molar-refractivity contribution in [3.63, 3.8) is 0 Å². The highest BCUT2D eigenvalue weighted by atomic mass is 16.4. The summed E-state index contributed by atoms with van der Waals surface area (Å²) in [6, 6.07) is 15.1. The molecule has 0 amide bonds. The number of aryl methyl sites for hydroxylation is 1. The van der Waals surface area contributed by atoms with Crippen molar-refractivity contribution in [1.29, 1.82) is 0 Å². The maximum atomic E-state index is 10.9. The Morgan fingerprint density at radius 1 is 1.12 bits per heavy atom. The summed E-state index contributed by atoms with van der Waals surface area (Å²) in [6.07, 6.45) is 5.19. The van der Waals surface area contributed by atoms with Crippen molar-refractivity contribution in [3.8, 4) is 0 Å². The molecule has 0 aliphatic heterocycles. The third-order valence-corrected chi connectivity index (χ3v) is 4.04. The summed E-state index contributed by atoms with van der Waals surface area (Å²) in [7, 11) is 0. The van der Waals surface area contributed by atoms with Crippen LogP contribution in [0.2, 0.25) is 0 Å². The molecule has 1 aromatic heterocycles. The molecule has 0 fully saturated rings. The Labute approximate surface area is 141 Å². The van der Waals surface area contributed by atoms with Gasteiger partial charge in [0.1, 0.15) is 0 Å². The van der Waals surface area contributed by atoms with Gasteiger partial charge in [0.05, 0.1) is 11.1 Å². The average Bonchev–Trinajstić information content (AvgIpc) is 2.60. The number of nitrogens with zero attached hydrogens (tertiary/aromatic N) is 1. The summed E-state index contributed by atoms with van der Waals surface area (Å²) < 4.78 is 0. The minimum absolute atomic E-state index is 0.280. The van der Waals surface area contributed by atoms with Crippen LogP contribution in [-0.2, 0) is 6.42 Å². The number of fused-ring (bicyclic) bond motifs is 1. The van der Waals surface area contributed by atoms with Gasteiger partial charge in [0.15, 0.2) is 0 Å². The predicted octanol–water partition coefficient (Wildman–Crippen LogP) is 5.02. The largest absolute Gasteiger partial charge is 0.478 e. The number of nitrogens with one attached hydrogen (secondary N) is 1. The summed E-state index contributed by atoms with van der Waals surface area (Å²) >= 11 is 0. The smallest absolute Gasteiger partial charge is 0.335 e. The van der Waals surface area contributed by atoms with Crippen LogP contribution in [0.3, 0.4) is 0 Å². The Bertz CT molecular complexity index is 857. The molecule has 0 atom stereocenters.